The van der Waals surface area contributed by atoms with Crippen LogP contribution < -0.4 is 5.32 Å². The Bertz CT molecular complexity index is 526. The monoisotopic (exact) mass is 295 g/mol. The molecule has 1 aliphatic rings. The average molecular weight is 296 g/mol. The third-order valence-corrected chi connectivity index (χ3v) is 3.60. The van der Waals surface area contributed by atoms with E-state index < -0.39 is 5.60 Å². The number of nitrogens with one attached hydrogen (secondary N) is 1. The molecule has 1 amide bonds. The molecule has 0 spiro atoms. The topological polar surface area (TPSA) is 58.6 Å². The third-order valence-electron chi connectivity index (χ3n) is 3.27. The molecule has 4 nitrogen and oxygen atoms in total. The van der Waals surface area contributed by atoms with Crippen molar-refractivity contribution in [2.24, 2.45) is 0 Å². The number of aliphatic hydroxyl groups is 1. The Morgan fingerprint density at radius 1 is 1.50 bits per heavy atom. The van der Waals surface area contributed by atoms with Gasteiger partial charge in [-0.1, -0.05) is 29.8 Å². The number of ether oxygens (including phenoxy) is 1. The summed E-state index contributed by atoms with van der Waals surface area (Å²) in [5.41, 5.74) is -0.0218. The van der Waals surface area contributed by atoms with E-state index in [4.69, 9.17) is 16.3 Å². The van der Waals surface area contributed by atoms with E-state index in [1.165, 1.54) is 6.26 Å². The van der Waals surface area contributed by atoms with Crippen molar-refractivity contribution in [3.63, 3.8) is 0 Å². The lowest BCUT2D eigenvalue weighted by atomic mass is 9.95. The SMILES string of the molecule is C[C@@](O)(CNC(=O)C1=COCCC1)c1ccccc1Cl. The molecule has 1 aromatic carbocycles. The molecule has 0 saturated carbocycles. The lowest BCUT2D eigenvalue weighted by Crippen LogP contribution is -2.39. The third kappa shape index (κ3) is 3.52. The van der Waals surface area contributed by atoms with Gasteiger partial charge in [0.15, 0.2) is 0 Å². The Kier molecular flexibility index (Phi) is 4.68. The molecule has 0 saturated heterocycles. The fraction of sp³-hybridized carbons (Fsp3) is 0.400. The van der Waals surface area contributed by atoms with Crippen molar-refractivity contribution in [1.29, 1.82) is 0 Å². The maximum atomic E-state index is 12.0. The van der Waals surface area contributed by atoms with Gasteiger partial charge in [-0.25, -0.2) is 0 Å². The Hall–Kier alpha value is -1.52. The van der Waals surface area contributed by atoms with Crippen molar-refractivity contribution in [2.75, 3.05) is 13.2 Å². The van der Waals surface area contributed by atoms with E-state index in [1.54, 1.807) is 31.2 Å². The number of amides is 1. The first kappa shape index (κ1) is 14.9. The van der Waals surface area contributed by atoms with E-state index in [2.05, 4.69) is 5.32 Å². The zero-order valence-corrected chi connectivity index (χ0v) is 12.1. The Morgan fingerprint density at radius 2 is 2.25 bits per heavy atom. The first-order valence-corrected chi connectivity index (χ1v) is 6.95. The smallest absolute Gasteiger partial charge is 0.250 e. The molecule has 2 rings (SSSR count). The van der Waals surface area contributed by atoms with Crippen molar-refractivity contribution in [3.8, 4) is 0 Å². The molecule has 0 bridgehead atoms. The van der Waals surface area contributed by atoms with Crippen molar-refractivity contribution in [1.82, 2.24) is 5.32 Å². The van der Waals surface area contributed by atoms with Crippen LogP contribution in [0, 0.1) is 0 Å². The van der Waals surface area contributed by atoms with Crippen molar-refractivity contribution in [2.45, 2.75) is 25.4 Å². The number of benzene rings is 1. The minimum absolute atomic E-state index is 0.0902. The molecule has 0 fully saturated rings. The van der Waals surface area contributed by atoms with E-state index in [1.807, 2.05) is 0 Å². The fourth-order valence-electron chi connectivity index (χ4n) is 2.09. The number of hydrogen-bond acceptors (Lipinski definition) is 3. The standard InChI is InChI=1S/C15H18ClNO3/c1-15(19,12-6-2-3-7-13(12)16)10-17-14(18)11-5-4-8-20-9-11/h2-3,6-7,9,19H,4-5,8,10H2,1H3,(H,17,18)/t15-/m1/s1. The molecule has 2 N–H and O–H groups in total. The van der Waals surface area contributed by atoms with Gasteiger partial charge in [0.25, 0.3) is 0 Å². The van der Waals surface area contributed by atoms with Crippen LogP contribution in [0.1, 0.15) is 25.3 Å². The molecule has 1 aliphatic heterocycles. The first-order chi connectivity index (χ1) is 9.50. The van der Waals surface area contributed by atoms with Gasteiger partial charge in [-0.3, -0.25) is 4.79 Å². The van der Waals surface area contributed by atoms with E-state index in [-0.39, 0.29) is 12.5 Å². The van der Waals surface area contributed by atoms with Crippen LogP contribution in [-0.4, -0.2) is 24.2 Å². The summed E-state index contributed by atoms with van der Waals surface area (Å²) >= 11 is 6.07. The quantitative estimate of drug-likeness (QED) is 0.896. The second-order valence-electron chi connectivity index (χ2n) is 5.05. The van der Waals surface area contributed by atoms with Crippen molar-refractivity contribution in [3.05, 3.63) is 46.7 Å². The second kappa shape index (κ2) is 6.29. The van der Waals surface area contributed by atoms with E-state index in [9.17, 15) is 9.90 Å². The Labute approximate surface area is 123 Å². The molecule has 0 unspecified atom stereocenters. The summed E-state index contributed by atoms with van der Waals surface area (Å²) in [5.74, 6) is -0.211. The molecule has 108 valence electrons. The zero-order valence-electron chi connectivity index (χ0n) is 11.4. The average Bonchev–Trinajstić information content (AvgIpc) is 2.46. The van der Waals surface area contributed by atoms with Crippen LogP contribution in [0.15, 0.2) is 36.1 Å². The van der Waals surface area contributed by atoms with Crippen LogP contribution in [0.4, 0.5) is 0 Å². The lowest BCUT2D eigenvalue weighted by Gasteiger charge is -2.25. The van der Waals surface area contributed by atoms with Gasteiger partial charge in [-0.2, -0.15) is 0 Å². The summed E-state index contributed by atoms with van der Waals surface area (Å²) in [5, 5.41) is 13.7. The predicted molar refractivity (Wildman–Crippen MR) is 77.3 cm³/mol. The summed E-state index contributed by atoms with van der Waals surface area (Å²) in [4.78, 5) is 12.0. The van der Waals surface area contributed by atoms with E-state index >= 15 is 0 Å². The van der Waals surface area contributed by atoms with Crippen LogP contribution in [0.25, 0.3) is 0 Å². The van der Waals surface area contributed by atoms with Crippen molar-refractivity contribution >= 4 is 17.5 Å². The fourth-order valence-corrected chi connectivity index (χ4v) is 2.43. The summed E-state index contributed by atoms with van der Waals surface area (Å²) in [6.07, 6.45) is 3.02. The number of carbonyl (C=O) groups is 1. The lowest BCUT2D eigenvalue weighted by molar-refractivity contribution is -0.119. The molecular weight excluding hydrogens is 278 g/mol. The minimum Gasteiger partial charge on any atom is -0.501 e. The summed E-state index contributed by atoms with van der Waals surface area (Å²) in [6.45, 7) is 2.36. The highest BCUT2D eigenvalue weighted by molar-refractivity contribution is 6.31. The maximum Gasteiger partial charge on any atom is 0.250 e. The predicted octanol–water partition coefficient (Wildman–Crippen LogP) is 2.36. The highest BCUT2D eigenvalue weighted by Gasteiger charge is 2.26. The number of carbonyl (C=O) groups excluding carboxylic acids is 1. The maximum absolute atomic E-state index is 12.0. The van der Waals surface area contributed by atoms with Gasteiger partial charge in [0.2, 0.25) is 5.91 Å². The molecule has 0 aliphatic carbocycles. The minimum atomic E-state index is -1.22. The van der Waals surface area contributed by atoms with Crippen LogP contribution >= 0.6 is 11.6 Å². The second-order valence-corrected chi connectivity index (χ2v) is 5.46. The zero-order chi connectivity index (χ0) is 14.6. The van der Waals surface area contributed by atoms with Crippen LogP contribution in [-0.2, 0) is 15.1 Å². The molecule has 0 aromatic heterocycles. The van der Waals surface area contributed by atoms with Gasteiger partial charge in [0.05, 0.1) is 25.0 Å². The van der Waals surface area contributed by atoms with Gasteiger partial charge in [-0.05, 0) is 25.8 Å². The number of hydrogen-bond donors (Lipinski definition) is 2. The van der Waals surface area contributed by atoms with Crippen LogP contribution in [0.5, 0.6) is 0 Å². The highest BCUT2D eigenvalue weighted by atomic mass is 35.5. The van der Waals surface area contributed by atoms with Crippen molar-refractivity contribution < 1.29 is 14.6 Å². The molecular formula is C15H18ClNO3. The van der Waals surface area contributed by atoms with Gasteiger partial charge >= 0.3 is 0 Å². The normalized spacial score (nSPS) is 17.6. The summed E-state index contributed by atoms with van der Waals surface area (Å²) in [6, 6.07) is 7.06. The van der Waals surface area contributed by atoms with Crippen LogP contribution in [0.2, 0.25) is 5.02 Å². The van der Waals surface area contributed by atoms with Gasteiger partial charge in [0.1, 0.15) is 5.60 Å². The molecule has 0 radical (unpaired) electrons. The van der Waals surface area contributed by atoms with Gasteiger partial charge in [-0.15, -0.1) is 0 Å². The van der Waals surface area contributed by atoms with E-state index in [0.29, 0.717) is 29.2 Å². The summed E-state index contributed by atoms with van der Waals surface area (Å²) in [7, 11) is 0. The number of halogens is 1. The van der Waals surface area contributed by atoms with Crippen LogP contribution in [0.3, 0.4) is 0 Å². The molecule has 5 heteroatoms. The Balaban J connectivity index is 2.00. The summed E-state index contributed by atoms with van der Waals surface area (Å²) < 4.78 is 5.13. The molecule has 1 heterocycles. The van der Waals surface area contributed by atoms with Gasteiger partial charge < -0.3 is 15.2 Å². The highest BCUT2D eigenvalue weighted by Crippen LogP contribution is 2.27. The molecule has 1 aromatic rings. The molecule has 20 heavy (non-hydrogen) atoms. The largest absolute Gasteiger partial charge is 0.501 e. The van der Waals surface area contributed by atoms with Gasteiger partial charge in [0, 0.05) is 10.6 Å². The number of rotatable bonds is 4. The Morgan fingerprint density at radius 3 is 2.90 bits per heavy atom. The van der Waals surface area contributed by atoms with E-state index in [0.717, 1.165) is 6.42 Å². The molecule has 1 atom stereocenters. The first-order valence-electron chi connectivity index (χ1n) is 6.57.